The van der Waals surface area contributed by atoms with Crippen molar-refractivity contribution in [3.8, 4) is 0 Å². The van der Waals surface area contributed by atoms with Gasteiger partial charge in [-0.1, -0.05) is 23.4 Å². The number of piperidine rings is 1. The number of nitrogens with zero attached hydrogens (tertiary/aromatic N) is 7. The highest BCUT2D eigenvalue weighted by atomic mass is 35.5. The van der Waals surface area contributed by atoms with E-state index in [-0.39, 0.29) is 0 Å². The molecule has 1 saturated heterocycles. The second-order valence-corrected chi connectivity index (χ2v) is 11.1. The van der Waals surface area contributed by atoms with Gasteiger partial charge in [0, 0.05) is 36.9 Å². The third-order valence-electron chi connectivity index (χ3n) is 7.67. The summed E-state index contributed by atoms with van der Waals surface area (Å²) in [5.41, 5.74) is 7.03. The van der Waals surface area contributed by atoms with E-state index in [0.29, 0.717) is 10.4 Å². The minimum absolute atomic E-state index is 0.381. The second kappa shape index (κ2) is 7.33. The quantitative estimate of drug-likeness (QED) is 0.357. The third-order valence-corrected chi connectivity index (χ3v) is 9.36. The predicted molar refractivity (Wildman–Crippen MR) is 134 cm³/mol. The molecule has 0 bridgehead atoms. The number of aromatic nitrogens is 6. The number of anilines is 1. The minimum atomic E-state index is 0.381. The molecule has 0 aromatic carbocycles. The zero-order valence-electron chi connectivity index (χ0n) is 19.1. The van der Waals surface area contributed by atoms with Crippen molar-refractivity contribution in [3.05, 3.63) is 58.8 Å². The summed E-state index contributed by atoms with van der Waals surface area (Å²) >= 11 is 8.13. The SMILES string of the molecule is Cc1nccc(Sc2ccc3nc(N4CCC5(CC4)Cc4cnn(C)c4C5)c4cnc2n34)c1Cl. The third kappa shape index (κ3) is 2.98. The molecule has 0 atom stereocenters. The number of rotatable bonds is 3. The highest BCUT2D eigenvalue weighted by Gasteiger charge is 2.42. The summed E-state index contributed by atoms with van der Waals surface area (Å²) in [6, 6.07) is 6.14. The summed E-state index contributed by atoms with van der Waals surface area (Å²) in [5.74, 6) is 1.05. The molecule has 0 saturated carbocycles. The molecule has 1 aliphatic carbocycles. The molecular formula is C25H24ClN7S. The highest BCUT2D eigenvalue weighted by molar-refractivity contribution is 7.99. The summed E-state index contributed by atoms with van der Waals surface area (Å²) in [4.78, 5) is 18.6. The lowest BCUT2D eigenvalue weighted by atomic mass is 9.76. The molecule has 7 rings (SSSR count). The van der Waals surface area contributed by atoms with E-state index in [2.05, 4.69) is 49.4 Å². The van der Waals surface area contributed by atoms with Crippen LogP contribution in [-0.2, 0) is 19.9 Å². The topological polar surface area (TPSA) is 64.1 Å². The van der Waals surface area contributed by atoms with Crippen molar-refractivity contribution < 1.29 is 0 Å². The van der Waals surface area contributed by atoms with Gasteiger partial charge < -0.3 is 4.90 Å². The molecule has 0 unspecified atom stereocenters. The maximum absolute atomic E-state index is 6.51. The van der Waals surface area contributed by atoms with Crippen LogP contribution in [0.1, 0.15) is 29.8 Å². The van der Waals surface area contributed by atoms with E-state index in [1.165, 1.54) is 24.1 Å². The van der Waals surface area contributed by atoms with Gasteiger partial charge in [0.15, 0.2) is 11.5 Å². The van der Waals surface area contributed by atoms with E-state index in [9.17, 15) is 0 Å². The van der Waals surface area contributed by atoms with Crippen molar-refractivity contribution in [2.45, 2.75) is 42.4 Å². The van der Waals surface area contributed by atoms with E-state index in [1.807, 2.05) is 19.2 Å². The average Bonchev–Trinajstić information content (AvgIpc) is 3.59. The molecule has 1 fully saturated rings. The van der Waals surface area contributed by atoms with E-state index in [4.69, 9.17) is 21.6 Å². The normalized spacial score (nSPS) is 17.4. The fourth-order valence-electron chi connectivity index (χ4n) is 5.75. The molecule has 1 spiro atoms. The smallest absolute Gasteiger partial charge is 0.157 e. The molecule has 172 valence electrons. The van der Waals surface area contributed by atoms with Crippen molar-refractivity contribution in [3.63, 3.8) is 0 Å². The van der Waals surface area contributed by atoms with Gasteiger partial charge in [-0.05, 0) is 61.8 Å². The van der Waals surface area contributed by atoms with Crippen LogP contribution in [-0.4, -0.2) is 42.2 Å². The number of hydrogen-bond acceptors (Lipinski definition) is 6. The first-order valence-corrected chi connectivity index (χ1v) is 12.8. The predicted octanol–water partition coefficient (Wildman–Crippen LogP) is 4.95. The molecule has 0 N–H and O–H groups in total. The number of hydrogen-bond donors (Lipinski definition) is 0. The Kier molecular flexibility index (Phi) is 4.42. The number of halogens is 1. The van der Waals surface area contributed by atoms with E-state index in [1.54, 1.807) is 18.0 Å². The van der Waals surface area contributed by atoms with Gasteiger partial charge in [0.25, 0.3) is 0 Å². The van der Waals surface area contributed by atoms with Crippen LogP contribution in [0.4, 0.5) is 5.82 Å². The molecule has 0 amide bonds. The van der Waals surface area contributed by atoms with Crippen molar-refractivity contribution >= 4 is 46.0 Å². The van der Waals surface area contributed by atoms with Gasteiger partial charge in [-0.25, -0.2) is 9.97 Å². The van der Waals surface area contributed by atoms with Crippen LogP contribution in [0, 0.1) is 12.3 Å². The zero-order valence-corrected chi connectivity index (χ0v) is 20.7. The molecule has 5 aromatic rings. The van der Waals surface area contributed by atoms with Gasteiger partial charge in [-0.15, -0.1) is 0 Å². The van der Waals surface area contributed by atoms with Crippen LogP contribution in [0.2, 0.25) is 5.02 Å². The fraction of sp³-hybridized carbons (Fsp3) is 0.360. The van der Waals surface area contributed by atoms with Crippen molar-refractivity contribution in [2.75, 3.05) is 18.0 Å². The Morgan fingerprint density at radius 1 is 1.03 bits per heavy atom. The Labute approximate surface area is 206 Å². The molecular weight excluding hydrogens is 466 g/mol. The van der Waals surface area contributed by atoms with E-state index >= 15 is 0 Å². The Bertz CT molecular complexity index is 1550. The van der Waals surface area contributed by atoms with Crippen LogP contribution >= 0.6 is 23.4 Å². The molecule has 9 heteroatoms. The summed E-state index contributed by atoms with van der Waals surface area (Å²) < 4.78 is 4.24. The first-order chi connectivity index (χ1) is 16.5. The summed E-state index contributed by atoms with van der Waals surface area (Å²) in [7, 11) is 2.07. The maximum Gasteiger partial charge on any atom is 0.157 e. The molecule has 2 aliphatic rings. The molecule has 34 heavy (non-hydrogen) atoms. The molecule has 7 nitrogen and oxygen atoms in total. The van der Waals surface area contributed by atoms with Crippen LogP contribution < -0.4 is 4.90 Å². The Hall–Kier alpha value is -2.84. The van der Waals surface area contributed by atoms with Crippen LogP contribution in [0.3, 0.4) is 0 Å². The second-order valence-electron chi connectivity index (χ2n) is 9.68. The first kappa shape index (κ1) is 20.5. The summed E-state index contributed by atoms with van der Waals surface area (Å²) in [5, 5.41) is 5.14. The van der Waals surface area contributed by atoms with Gasteiger partial charge in [-0.3, -0.25) is 14.1 Å². The van der Waals surface area contributed by atoms with Crippen molar-refractivity contribution in [2.24, 2.45) is 12.5 Å². The number of fused-ring (bicyclic) bond motifs is 1. The fourth-order valence-corrected chi connectivity index (χ4v) is 6.96. The summed E-state index contributed by atoms with van der Waals surface area (Å²) in [6.07, 6.45) is 10.5. The molecule has 5 aromatic heterocycles. The number of aryl methyl sites for hydroxylation is 2. The zero-order chi connectivity index (χ0) is 23.0. The monoisotopic (exact) mass is 489 g/mol. The lowest BCUT2D eigenvalue weighted by molar-refractivity contribution is 0.228. The van der Waals surface area contributed by atoms with Crippen molar-refractivity contribution in [1.29, 1.82) is 0 Å². The standard InChI is InChI=1S/C25H24ClN7S/c1-15-22(26)19(5-8-27-15)34-20-3-4-21-30-23(18-14-28-24(20)33(18)21)32-9-6-25(7-10-32)11-16-13-29-31(2)17(16)12-25/h3-5,8,13-14H,6-7,9-12H2,1-2H3. The van der Waals surface area contributed by atoms with E-state index < -0.39 is 0 Å². The van der Waals surface area contributed by atoms with Crippen LogP contribution in [0.5, 0.6) is 0 Å². The molecule has 6 heterocycles. The van der Waals surface area contributed by atoms with Gasteiger partial charge >= 0.3 is 0 Å². The lowest BCUT2D eigenvalue weighted by Crippen LogP contribution is -2.41. The van der Waals surface area contributed by atoms with Crippen LogP contribution in [0.25, 0.3) is 16.8 Å². The van der Waals surface area contributed by atoms with Gasteiger partial charge in [-0.2, -0.15) is 5.10 Å². The lowest BCUT2D eigenvalue weighted by Gasteiger charge is -2.39. The van der Waals surface area contributed by atoms with E-state index in [0.717, 1.165) is 64.0 Å². The first-order valence-electron chi connectivity index (χ1n) is 11.6. The Morgan fingerprint density at radius 2 is 1.88 bits per heavy atom. The Balaban J connectivity index is 1.17. The minimum Gasteiger partial charge on any atom is -0.355 e. The van der Waals surface area contributed by atoms with Gasteiger partial charge in [0.1, 0.15) is 11.2 Å². The van der Waals surface area contributed by atoms with Gasteiger partial charge in [0.2, 0.25) is 0 Å². The Morgan fingerprint density at radius 3 is 2.71 bits per heavy atom. The van der Waals surface area contributed by atoms with Crippen molar-refractivity contribution in [1.82, 2.24) is 29.1 Å². The largest absolute Gasteiger partial charge is 0.355 e. The highest BCUT2D eigenvalue weighted by Crippen LogP contribution is 2.46. The average molecular weight is 490 g/mol. The number of imidazole rings is 2. The maximum atomic E-state index is 6.51. The molecule has 1 aliphatic heterocycles. The van der Waals surface area contributed by atoms with Crippen LogP contribution in [0.15, 0.2) is 46.6 Å². The summed E-state index contributed by atoms with van der Waals surface area (Å²) in [6.45, 7) is 3.97. The van der Waals surface area contributed by atoms with Gasteiger partial charge in [0.05, 0.1) is 28.0 Å². The number of pyridine rings is 2. The molecule has 0 radical (unpaired) electrons.